The van der Waals surface area contributed by atoms with Crippen molar-refractivity contribution in [3.05, 3.63) is 22.8 Å². The number of hydrogen-bond donors (Lipinski definition) is 0. The van der Waals surface area contributed by atoms with Crippen LogP contribution in [0.15, 0.2) is 16.7 Å². The number of halogens is 3. The molecule has 0 saturated heterocycles. The summed E-state index contributed by atoms with van der Waals surface area (Å²) in [4.78, 5) is 0. The Labute approximate surface area is 189 Å². The zero-order valence-corrected chi connectivity index (χ0v) is 22.3. The maximum absolute atomic E-state index is 4.02. The minimum atomic E-state index is 0. The second-order valence-electron chi connectivity index (χ2n) is 6.39. The van der Waals surface area contributed by atoms with E-state index in [9.17, 15) is 0 Å². The summed E-state index contributed by atoms with van der Waals surface area (Å²) in [5.41, 5.74) is 5.36. The van der Waals surface area contributed by atoms with E-state index in [1.165, 1.54) is 64.2 Å². The van der Waals surface area contributed by atoms with Crippen molar-refractivity contribution in [1.29, 1.82) is 0 Å². The van der Waals surface area contributed by atoms with Gasteiger partial charge in [-0.15, -0.1) is 37.2 Å². The van der Waals surface area contributed by atoms with Gasteiger partial charge in [0.25, 0.3) is 0 Å². The molecule has 0 fully saturated rings. The van der Waals surface area contributed by atoms with Crippen LogP contribution in [0.5, 0.6) is 0 Å². The monoisotopic (exact) mass is 563 g/mol. The Hall–Kier alpha value is 1.22. The second kappa shape index (κ2) is 17.6. The second-order valence-corrected chi connectivity index (χ2v) is 6.39. The molecule has 0 bridgehead atoms. The van der Waals surface area contributed by atoms with Crippen molar-refractivity contribution in [2.45, 2.75) is 98.8 Å². The molecule has 0 atom stereocenters. The molecule has 0 N–H and O–H groups in total. The van der Waals surface area contributed by atoms with Crippen LogP contribution in [0.2, 0.25) is 0 Å². The molecule has 0 nitrogen and oxygen atoms in total. The molecule has 1 rings (SSSR count). The first kappa shape index (κ1) is 32.9. The number of rotatable bonds is 10. The van der Waals surface area contributed by atoms with Crippen LogP contribution in [0.1, 0.15) is 98.8 Å². The molecule has 24 heavy (non-hydrogen) atoms. The zero-order chi connectivity index (χ0) is 15.0. The predicted molar refractivity (Wildman–Crippen MR) is 112 cm³/mol. The first-order valence-electron chi connectivity index (χ1n) is 9.05. The fourth-order valence-corrected chi connectivity index (χ4v) is 3.97. The van der Waals surface area contributed by atoms with Gasteiger partial charge in [-0.25, -0.2) is 5.57 Å². The van der Waals surface area contributed by atoms with Gasteiger partial charge in [-0.05, 0) is 6.42 Å². The summed E-state index contributed by atoms with van der Waals surface area (Å²) < 4.78 is 0. The van der Waals surface area contributed by atoms with Gasteiger partial charge in [0.05, 0.1) is 0 Å². The van der Waals surface area contributed by atoms with Gasteiger partial charge in [-0.2, -0.15) is 11.1 Å². The summed E-state index contributed by atoms with van der Waals surface area (Å²) in [5.74, 6) is 0. The third kappa shape index (κ3) is 8.28. The summed E-state index contributed by atoms with van der Waals surface area (Å²) >= 11 is 0. The number of hydrogen-bond acceptors (Lipinski definition) is 0. The van der Waals surface area contributed by atoms with E-state index in [2.05, 4.69) is 40.7 Å². The maximum atomic E-state index is 4.02. The Morgan fingerprint density at radius 3 is 1.50 bits per heavy atom. The first-order valence-corrected chi connectivity index (χ1v) is 9.05. The van der Waals surface area contributed by atoms with Crippen LogP contribution < -0.4 is 0 Å². The summed E-state index contributed by atoms with van der Waals surface area (Å²) in [6.07, 6.45) is 16.8. The first-order chi connectivity index (χ1) is 9.68. The van der Waals surface area contributed by atoms with E-state index < -0.39 is 0 Å². The van der Waals surface area contributed by atoms with Crippen LogP contribution in [0.3, 0.4) is 0 Å². The topological polar surface area (TPSA) is 0 Å². The summed E-state index contributed by atoms with van der Waals surface area (Å²) in [6.45, 7) is 11.6. The van der Waals surface area contributed by atoms with E-state index >= 15 is 0 Å². The van der Waals surface area contributed by atoms with Crippen LogP contribution in [-0.2, 0) is 25.8 Å². The van der Waals surface area contributed by atoms with Gasteiger partial charge >= 0.3 is 0 Å². The van der Waals surface area contributed by atoms with Gasteiger partial charge in [0.1, 0.15) is 0 Å². The van der Waals surface area contributed by atoms with Crippen molar-refractivity contribution < 1.29 is 25.8 Å². The Morgan fingerprint density at radius 1 is 0.667 bits per heavy atom. The molecule has 0 aromatic carbocycles. The SMILES string of the molecule is CCCC1=[C-]C(CCC)(CCC)C(CCC)=C1CCC.Cl.Cl.Cl.[Hf]. The standard InChI is InChI=1S/C20H35.3ClH.Hf/c1-6-11-17-16-20(14-9-4,15-10-5)19(13-8-3)18(17)12-7-2;;;;/h6-15H2,1-5H3;3*1H;/q-1;;;;. The van der Waals surface area contributed by atoms with Gasteiger partial charge in [-0.3, -0.25) is 6.08 Å². The molecule has 0 saturated carbocycles. The van der Waals surface area contributed by atoms with Gasteiger partial charge in [0.2, 0.25) is 0 Å². The van der Waals surface area contributed by atoms with Crippen molar-refractivity contribution in [3.8, 4) is 0 Å². The molecule has 0 aromatic rings. The average Bonchev–Trinajstić information content (AvgIpc) is 2.67. The molecule has 0 heterocycles. The van der Waals surface area contributed by atoms with E-state index in [1.807, 2.05) is 0 Å². The Balaban J connectivity index is -0.000000500. The predicted octanol–water partition coefficient (Wildman–Crippen LogP) is 8.28. The van der Waals surface area contributed by atoms with Crippen LogP contribution >= 0.6 is 37.2 Å². The smallest absolute Gasteiger partial charge is 0 e. The van der Waals surface area contributed by atoms with E-state index in [1.54, 1.807) is 16.7 Å². The van der Waals surface area contributed by atoms with Crippen molar-refractivity contribution >= 4 is 37.2 Å². The van der Waals surface area contributed by atoms with Gasteiger partial charge in [0.15, 0.2) is 0 Å². The normalized spacial score (nSPS) is 14.8. The van der Waals surface area contributed by atoms with Crippen molar-refractivity contribution in [3.63, 3.8) is 0 Å². The maximum Gasteiger partial charge on any atom is 0 e. The molecule has 0 radical (unpaired) electrons. The molecule has 4 heteroatoms. The molecular formula is C20H38Cl3Hf-. The van der Waals surface area contributed by atoms with E-state index in [-0.39, 0.29) is 63.1 Å². The molecule has 144 valence electrons. The minimum absolute atomic E-state index is 0. The Kier molecular flexibility index (Phi) is 24.1. The van der Waals surface area contributed by atoms with Crippen LogP contribution in [-0.4, -0.2) is 0 Å². The molecule has 1 aliphatic rings. The molecule has 0 aliphatic heterocycles. The summed E-state index contributed by atoms with van der Waals surface area (Å²) in [5, 5.41) is 0. The van der Waals surface area contributed by atoms with Crippen LogP contribution in [0.25, 0.3) is 0 Å². The number of allylic oxidation sites excluding steroid dienone is 4. The fraction of sp³-hybridized carbons (Fsp3) is 0.800. The van der Waals surface area contributed by atoms with E-state index in [0.717, 1.165) is 0 Å². The van der Waals surface area contributed by atoms with Gasteiger partial charge < -0.3 is 0 Å². The Morgan fingerprint density at radius 2 is 1.12 bits per heavy atom. The third-order valence-electron chi connectivity index (χ3n) is 4.55. The third-order valence-corrected chi connectivity index (χ3v) is 4.55. The quantitative estimate of drug-likeness (QED) is 0.185. The summed E-state index contributed by atoms with van der Waals surface area (Å²) in [6, 6.07) is 0. The molecule has 0 amide bonds. The molecule has 0 spiro atoms. The summed E-state index contributed by atoms with van der Waals surface area (Å²) in [7, 11) is 0. The average molecular weight is 563 g/mol. The molecule has 1 aliphatic carbocycles. The van der Waals surface area contributed by atoms with Gasteiger partial charge in [-0.1, -0.05) is 97.8 Å². The molecular weight excluding hydrogens is 525 g/mol. The van der Waals surface area contributed by atoms with E-state index in [0.29, 0.717) is 5.41 Å². The molecule has 0 aromatic heterocycles. The van der Waals surface area contributed by atoms with Crippen molar-refractivity contribution in [1.82, 2.24) is 0 Å². The zero-order valence-electron chi connectivity index (χ0n) is 16.3. The van der Waals surface area contributed by atoms with Gasteiger partial charge in [0, 0.05) is 25.8 Å². The largest absolute Gasteiger partial charge is 0.262 e. The van der Waals surface area contributed by atoms with E-state index in [4.69, 9.17) is 0 Å². The van der Waals surface area contributed by atoms with Crippen LogP contribution in [0.4, 0.5) is 0 Å². The van der Waals surface area contributed by atoms with Crippen molar-refractivity contribution in [2.24, 2.45) is 5.41 Å². The molecule has 0 unspecified atom stereocenters. The Bertz CT molecular complexity index is 356. The van der Waals surface area contributed by atoms with Crippen molar-refractivity contribution in [2.75, 3.05) is 0 Å². The minimum Gasteiger partial charge on any atom is -0.262 e. The fourth-order valence-electron chi connectivity index (χ4n) is 3.97. The van der Waals surface area contributed by atoms with Crippen LogP contribution in [0, 0.1) is 11.5 Å².